The molecule has 0 amide bonds. The monoisotopic (exact) mass is 281 g/mol. The van der Waals surface area contributed by atoms with E-state index in [0.717, 1.165) is 25.7 Å². The molecule has 0 fully saturated rings. The van der Waals surface area contributed by atoms with Gasteiger partial charge in [0, 0.05) is 12.5 Å². The summed E-state index contributed by atoms with van der Waals surface area (Å²) in [6.45, 7) is 0.514. The van der Waals surface area contributed by atoms with Crippen LogP contribution in [0.5, 0.6) is 5.75 Å². The van der Waals surface area contributed by atoms with Crippen LogP contribution < -0.4 is 4.74 Å². The molecule has 0 aliphatic heterocycles. The molecule has 6 nitrogen and oxygen atoms in total. The number of benzene rings is 1. The van der Waals surface area contributed by atoms with Gasteiger partial charge < -0.3 is 9.84 Å². The molecule has 0 aliphatic carbocycles. The lowest BCUT2D eigenvalue weighted by molar-refractivity contribution is -0.384. The first-order chi connectivity index (χ1) is 9.59. The maximum Gasteiger partial charge on any atom is 0.303 e. The van der Waals surface area contributed by atoms with Crippen molar-refractivity contribution in [3.8, 4) is 5.75 Å². The molecule has 1 N–H and O–H groups in total. The first kappa shape index (κ1) is 15.9. The van der Waals surface area contributed by atoms with Crippen molar-refractivity contribution in [1.82, 2.24) is 0 Å². The highest BCUT2D eigenvalue weighted by Gasteiger charge is 2.05. The van der Waals surface area contributed by atoms with Gasteiger partial charge in [-0.1, -0.05) is 25.3 Å². The summed E-state index contributed by atoms with van der Waals surface area (Å²) in [5.74, 6) is -0.246. The first-order valence-electron chi connectivity index (χ1n) is 6.68. The Hall–Kier alpha value is -2.11. The van der Waals surface area contributed by atoms with Crippen LogP contribution in [-0.4, -0.2) is 22.6 Å². The van der Waals surface area contributed by atoms with Crippen LogP contribution in [0.1, 0.15) is 38.5 Å². The molecule has 0 saturated carbocycles. The number of nitro groups is 1. The molecule has 1 aromatic rings. The summed E-state index contributed by atoms with van der Waals surface area (Å²) < 4.78 is 5.44. The summed E-state index contributed by atoms with van der Waals surface area (Å²) in [5.41, 5.74) is 0.0242. The van der Waals surface area contributed by atoms with Gasteiger partial charge in [-0.25, -0.2) is 0 Å². The van der Waals surface area contributed by atoms with Crippen LogP contribution in [0.2, 0.25) is 0 Å². The molecule has 0 atom stereocenters. The Morgan fingerprint density at radius 3 is 2.60 bits per heavy atom. The Balaban J connectivity index is 2.11. The Morgan fingerprint density at radius 1 is 1.20 bits per heavy atom. The van der Waals surface area contributed by atoms with Crippen molar-refractivity contribution in [2.24, 2.45) is 0 Å². The Kier molecular flexibility index (Phi) is 7.10. The van der Waals surface area contributed by atoms with E-state index in [-0.39, 0.29) is 12.1 Å². The third-order valence-electron chi connectivity index (χ3n) is 2.83. The van der Waals surface area contributed by atoms with E-state index in [4.69, 9.17) is 9.84 Å². The zero-order valence-electron chi connectivity index (χ0n) is 11.3. The van der Waals surface area contributed by atoms with Gasteiger partial charge in [-0.05, 0) is 18.9 Å². The van der Waals surface area contributed by atoms with Crippen LogP contribution in [0, 0.1) is 10.1 Å². The number of nitrogens with zero attached hydrogens (tertiary/aromatic N) is 1. The number of hydrogen-bond donors (Lipinski definition) is 1. The van der Waals surface area contributed by atoms with Gasteiger partial charge in [0.2, 0.25) is 0 Å². The summed E-state index contributed by atoms with van der Waals surface area (Å²) in [6, 6.07) is 6.13. The number of nitro benzene ring substituents is 1. The third-order valence-corrected chi connectivity index (χ3v) is 2.83. The van der Waals surface area contributed by atoms with Gasteiger partial charge in [-0.15, -0.1) is 0 Å². The third kappa shape index (κ3) is 6.72. The molecular weight excluding hydrogens is 262 g/mol. The maximum atomic E-state index is 10.6. The fourth-order valence-corrected chi connectivity index (χ4v) is 1.79. The summed E-state index contributed by atoms with van der Waals surface area (Å²) in [4.78, 5) is 20.4. The van der Waals surface area contributed by atoms with Crippen molar-refractivity contribution in [2.45, 2.75) is 38.5 Å². The van der Waals surface area contributed by atoms with Gasteiger partial charge >= 0.3 is 5.97 Å². The Bertz CT molecular complexity index is 447. The SMILES string of the molecule is O=C(O)CCCCCCCOc1cccc([N+](=O)[O-])c1. The molecule has 0 radical (unpaired) electrons. The molecule has 0 spiro atoms. The van der Waals surface area contributed by atoms with Crippen molar-refractivity contribution < 1.29 is 19.6 Å². The molecule has 0 bridgehead atoms. The first-order valence-corrected chi connectivity index (χ1v) is 6.68. The molecule has 0 heterocycles. The minimum atomic E-state index is -0.751. The summed E-state index contributed by atoms with van der Waals surface area (Å²) in [5, 5.41) is 19.1. The highest BCUT2D eigenvalue weighted by Crippen LogP contribution is 2.19. The summed E-state index contributed by atoms with van der Waals surface area (Å²) in [6.07, 6.45) is 4.64. The van der Waals surface area contributed by atoms with Crippen molar-refractivity contribution >= 4 is 11.7 Å². The molecule has 0 aromatic heterocycles. The molecule has 6 heteroatoms. The Morgan fingerprint density at radius 2 is 1.90 bits per heavy atom. The van der Waals surface area contributed by atoms with Crippen LogP contribution in [-0.2, 0) is 4.79 Å². The van der Waals surface area contributed by atoms with Gasteiger partial charge in [0.15, 0.2) is 0 Å². The van der Waals surface area contributed by atoms with Crippen LogP contribution in [0.15, 0.2) is 24.3 Å². The number of hydrogen-bond acceptors (Lipinski definition) is 4. The lowest BCUT2D eigenvalue weighted by Gasteiger charge is -2.05. The van der Waals surface area contributed by atoms with Gasteiger partial charge in [-0.2, -0.15) is 0 Å². The molecule has 0 saturated heterocycles. The number of aliphatic carboxylic acids is 1. The van der Waals surface area contributed by atoms with Gasteiger partial charge in [0.05, 0.1) is 17.6 Å². The number of non-ortho nitro benzene ring substituents is 1. The summed E-state index contributed by atoms with van der Waals surface area (Å²) in [7, 11) is 0. The highest BCUT2D eigenvalue weighted by atomic mass is 16.6. The predicted molar refractivity (Wildman–Crippen MR) is 73.9 cm³/mol. The van der Waals surface area contributed by atoms with Crippen molar-refractivity contribution in [2.75, 3.05) is 6.61 Å². The van der Waals surface area contributed by atoms with E-state index in [1.807, 2.05) is 0 Å². The minimum absolute atomic E-state index is 0.0242. The molecular formula is C14H19NO5. The predicted octanol–water partition coefficient (Wildman–Crippen LogP) is 3.40. The van der Waals surface area contributed by atoms with Crippen LogP contribution in [0.3, 0.4) is 0 Å². The number of carboxylic acid groups (broad SMARTS) is 1. The molecule has 110 valence electrons. The van der Waals surface area contributed by atoms with E-state index in [2.05, 4.69) is 0 Å². The second-order valence-corrected chi connectivity index (χ2v) is 4.51. The number of carboxylic acids is 1. The fourth-order valence-electron chi connectivity index (χ4n) is 1.79. The zero-order valence-corrected chi connectivity index (χ0v) is 11.3. The maximum absolute atomic E-state index is 10.6. The number of ether oxygens (including phenoxy) is 1. The molecule has 0 aliphatic rings. The molecule has 1 aromatic carbocycles. The van der Waals surface area contributed by atoms with Crippen molar-refractivity contribution in [3.05, 3.63) is 34.4 Å². The van der Waals surface area contributed by atoms with Gasteiger partial charge in [0.25, 0.3) is 5.69 Å². The van der Waals surface area contributed by atoms with Crippen molar-refractivity contribution in [3.63, 3.8) is 0 Å². The lowest BCUT2D eigenvalue weighted by Crippen LogP contribution is -1.98. The molecule has 20 heavy (non-hydrogen) atoms. The number of rotatable bonds is 10. The van der Waals surface area contributed by atoms with E-state index in [1.165, 1.54) is 12.1 Å². The second-order valence-electron chi connectivity index (χ2n) is 4.51. The van der Waals surface area contributed by atoms with Gasteiger partial charge in [0.1, 0.15) is 5.75 Å². The van der Waals surface area contributed by atoms with Crippen LogP contribution in [0.25, 0.3) is 0 Å². The normalized spacial score (nSPS) is 10.2. The van der Waals surface area contributed by atoms with E-state index in [9.17, 15) is 14.9 Å². The molecule has 1 rings (SSSR count). The molecule has 0 unspecified atom stereocenters. The fraction of sp³-hybridized carbons (Fsp3) is 0.500. The highest BCUT2D eigenvalue weighted by molar-refractivity contribution is 5.66. The second kappa shape index (κ2) is 8.90. The lowest BCUT2D eigenvalue weighted by atomic mass is 10.1. The van der Waals surface area contributed by atoms with Crippen molar-refractivity contribution in [1.29, 1.82) is 0 Å². The van der Waals surface area contributed by atoms with Crippen LogP contribution in [0.4, 0.5) is 5.69 Å². The Labute approximate surface area is 117 Å². The average Bonchev–Trinajstić information content (AvgIpc) is 2.41. The number of carbonyl (C=O) groups is 1. The minimum Gasteiger partial charge on any atom is -0.493 e. The topological polar surface area (TPSA) is 89.7 Å². The van der Waals surface area contributed by atoms with Gasteiger partial charge in [-0.3, -0.25) is 14.9 Å². The standard InChI is InChI=1S/C14H19NO5/c16-14(17)9-4-2-1-3-5-10-20-13-8-6-7-12(11-13)15(18)19/h6-8,11H,1-5,9-10H2,(H,16,17). The van der Waals surface area contributed by atoms with E-state index >= 15 is 0 Å². The quantitative estimate of drug-likeness (QED) is 0.403. The average molecular weight is 281 g/mol. The zero-order chi connectivity index (χ0) is 14.8. The van der Waals surface area contributed by atoms with Crippen LogP contribution >= 0.6 is 0 Å². The van der Waals surface area contributed by atoms with E-state index in [1.54, 1.807) is 12.1 Å². The number of unbranched alkanes of at least 4 members (excludes halogenated alkanes) is 4. The summed E-state index contributed by atoms with van der Waals surface area (Å²) >= 11 is 0. The van der Waals surface area contributed by atoms with E-state index < -0.39 is 10.9 Å². The van der Waals surface area contributed by atoms with E-state index in [0.29, 0.717) is 18.8 Å². The largest absolute Gasteiger partial charge is 0.493 e. The smallest absolute Gasteiger partial charge is 0.303 e.